The molecule has 0 saturated carbocycles. The molecule has 5 heterocycles. The van der Waals surface area contributed by atoms with E-state index in [-0.39, 0.29) is 12.4 Å². The van der Waals surface area contributed by atoms with Gasteiger partial charge in [0.1, 0.15) is 35.5 Å². The van der Waals surface area contributed by atoms with E-state index < -0.39 is 41.7 Å². The van der Waals surface area contributed by atoms with Gasteiger partial charge < -0.3 is 9.88 Å². The van der Waals surface area contributed by atoms with E-state index >= 15 is 8.78 Å². The van der Waals surface area contributed by atoms with E-state index in [0.717, 1.165) is 45.3 Å². The molecule has 8 nitrogen and oxygen atoms in total. The summed E-state index contributed by atoms with van der Waals surface area (Å²) in [6.45, 7) is 0.846. The molecule has 0 aliphatic carbocycles. The first kappa shape index (κ1) is 24.8. The zero-order valence-corrected chi connectivity index (χ0v) is 20.7. The molecule has 0 bridgehead atoms. The van der Waals surface area contributed by atoms with Gasteiger partial charge in [0.25, 0.3) is 0 Å². The number of halogens is 5. The van der Waals surface area contributed by atoms with Crippen LogP contribution in [0.25, 0.3) is 22.6 Å². The summed E-state index contributed by atoms with van der Waals surface area (Å²) in [7, 11) is 1.79. The number of aryl methyl sites for hydroxylation is 2. The summed E-state index contributed by atoms with van der Waals surface area (Å²) in [4.78, 5) is 4.42. The van der Waals surface area contributed by atoms with Gasteiger partial charge in [-0.2, -0.15) is 13.9 Å². The van der Waals surface area contributed by atoms with Crippen molar-refractivity contribution >= 4 is 11.6 Å². The second-order valence-electron chi connectivity index (χ2n) is 9.31. The van der Waals surface area contributed by atoms with Gasteiger partial charge in [-0.05, 0) is 42.3 Å². The van der Waals surface area contributed by atoms with Crippen LogP contribution in [0.2, 0.25) is 0 Å². The summed E-state index contributed by atoms with van der Waals surface area (Å²) in [5.74, 6) is -6.82. The highest BCUT2D eigenvalue weighted by molar-refractivity contribution is 5.75. The normalized spacial score (nSPS) is 14.8. The largest absolute Gasteiger partial charge is 0.342 e. The van der Waals surface area contributed by atoms with E-state index in [1.165, 1.54) is 0 Å². The maximum Gasteiger partial charge on any atom is 0.337 e. The molecule has 39 heavy (non-hydrogen) atoms. The first-order chi connectivity index (χ1) is 18.7. The van der Waals surface area contributed by atoms with Gasteiger partial charge in [0.2, 0.25) is 5.82 Å². The number of anilines is 2. The van der Waals surface area contributed by atoms with Crippen LogP contribution in [0.4, 0.5) is 33.6 Å². The molecule has 0 saturated heterocycles. The number of nitrogens with zero attached hydrogens (tertiary/aromatic N) is 7. The molecule has 0 spiro atoms. The third-order valence-corrected chi connectivity index (χ3v) is 6.82. The van der Waals surface area contributed by atoms with Crippen molar-refractivity contribution in [1.82, 2.24) is 34.1 Å². The molecule has 5 aromatic rings. The van der Waals surface area contributed by atoms with Gasteiger partial charge in [0.15, 0.2) is 5.82 Å². The van der Waals surface area contributed by atoms with Gasteiger partial charge in [-0.1, -0.05) is 6.07 Å². The van der Waals surface area contributed by atoms with Gasteiger partial charge in [-0.3, -0.25) is 9.25 Å². The zero-order chi connectivity index (χ0) is 27.5. The molecule has 4 aromatic heterocycles. The van der Waals surface area contributed by atoms with Crippen molar-refractivity contribution in [2.24, 2.45) is 7.05 Å². The van der Waals surface area contributed by atoms with E-state index in [1.807, 2.05) is 13.0 Å². The summed E-state index contributed by atoms with van der Waals surface area (Å²) >= 11 is 0. The Morgan fingerprint density at radius 3 is 2.56 bits per heavy atom. The monoisotopic (exact) mass is 540 g/mol. The van der Waals surface area contributed by atoms with Gasteiger partial charge in [0.05, 0.1) is 17.9 Å². The minimum absolute atomic E-state index is 0.00996. The first-order valence-corrected chi connectivity index (χ1v) is 11.9. The molecule has 0 fully saturated rings. The van der Waals surface area contributed by atoms with Crippen LogP contribution in [-0.4, -0.2) is 40.8 Å². The maximum atomic E-state index is 15.5. The molecule has 0 radical (unpaired) electrons. The lowest BCUT2D eigenvalue weighted by Gasteiger charge is -2.28. The SMILES string of the molecule is Cc1cnc(Nc2ccnn2C)cc1-c1cc2n(c1)C[C@H](CF)n1c-2nnc1C(F)(F)c1c(F)cccc1F. The van der Waals surface area contributed by atoms with Gasteiger partial charge in [-0.25, -0.2) is 18.2 Å². The average Bonchev–Trinajstić information content (AvgIpc) is 3.63. The highest BCUT2D eigenvalue weighted by Gasteiger charge is 2.47. The Hall–Kier alpha value is -4.55. The topological polar surface area (TPSA) is 78.4 Å². The van der Waals surface area contributed by atoms with Crippen molar-refractivity contribution in [2.45, 2.75) is 25.4 Å². The minimum atomic E-state index is -4.19. The molecule has 13 heteroatoms. The molecule has 1 aliphatic heterocycles. The molecule has 1 N–H and O–H groups in total. The summed E-state index contributed by atoms with van der Waals surface area (Å²) in [6, 6.07) is 6.71. The number of alkyl halides is 3. The second kappa shape index (κ2) is 9.03. The number of benzene rings is 1. The molecule has 1 aliphatic rings. The van der Waals surface area contributed by atoms with Crippen LogP contribution >= 0.6 is 0 Å². The van der Waals surface area contributed by atoms with E-state index in [4.69, 9.17) is 0 Å². The molecule has 0 amide bonds. The zero-order valence-electron chi connectivity index (χ0n) is 20.7. The lowest BCUT2D eigenvalue weighted by molar-refractivity contribution is 0.0183. The van der Waals surface area contributed by atoms with Crippen LogP contribution in [0.1, 0.15) is 23.0 Å². The fourth-order valence-corrected chi connectivity index (χ4v) is 4.89. The van der Waals surface area contributed by atoms with Crippen molar-refractivity contribution in [3.63, 3.8) is 0 Å². The van der Waals surface area contributed by atoms with Crippen LogP contribution < -0.4 is 5.32 Å². The van der Waals surface area contributed by atoms with Gasteiger partial charge in [0, 0.05) is 37.6 Å². The second-order valence-corrected chi connectivity index (χ2v) is 9.31. The highest BCUT2D eigenvalue weighted by atomic mass is 19.3. The highest BCUT2D eigenvalue weighted by Crippen LogP contribution is 2.43. The first-order valence-electron chi connectivity index (χ1n) is 11.9. The summed E-state index contributed by atoms with van der Waals surface area (Å²) in [5, 5.41) is 14.8. The van der Waals surface area contributed by atoms with Crippen LogP contribution in [0.15, 0.2) is 55.0 Å². The number of rotatable bonds is 6. The van der Waals surface area contributed by atoms with Crippen molar-refractivity contribution in [2.75, 3.05) is 12.0 Å². The molecule has 0 unspecified atom stereocenters. The molecule has 200 valence electrons. The number of fused-ring (bicyclic) bond motifs is 3. The van der Waals surface area contributed by atoms with Crippen molar-refractivity contribution in [3.05, 3.63) is 83.6 Å². The smallest absolute Gasteiger partial charge is 0.337 e. The Morgan fingerprint density at radius 1 is 1.10 bits per heavy atom. The lowest BCUT2D eigenvalue weighted by atomic mass is 10.0. The molecule has 1 aromatic carbocycles. The van der Waals surface area contributed by atoms with Crippen molar-refractivity contribution in [1.29, 1.82) is 0 Å². The molecular weight excluding hydrogens is 519 g/mol. The lowest BCUT2D eigenvalue weighted by Crippen LogP contribution is -2.31. The van der Waals surface area contributed by atoms with E-state index in [2.05, 4.69) is 25.6 Å². The Labute approximate surface area is 218 Å². The summed E-state index contributed by atoms with van der Waals surface area (Å²) in [5.41, 5.74) is 1.33. The predicted octanol–water partition coefficient (Wildman–Crippen LogP) is 5.54. The van der Waals surface area contributed by atoms with Crippen molar-refractivity contribution < 1.29 is 22.0 Å². The standard InChI is InChI=1S/C26H21F5N8/c1-14-11-32-21(34-22-6-7-33-37(22)2)9-17(14)15-8-20-24-35-36-25(39(24)16(10-27)13-38(20)12-15)26(30,31)23-18(28)4-3-5-19(23)29/h3-9,11-12,16H,10,13H2,1-2H3,(H,32,34)/t16-/m0/s1. The fourth-order valence-electron chi connectivity index (χ4n) is 4.89. The third-order valence-electron chi connectivity index (χ3n) is 6.82. The Balaban J connectivity index is 1.43. The number of hydrogen-bond donors (Lipinski definition) is 1. The fraction of sp³-hybridized carbons (Fsp3) is 0.231. The van der Waals surface area contributed by atoms with E-state index in [0.29, 0.717) is 11.5 Å². The maximum absolute atomic E-state index is 15.5. The number of hydrogen-bond acceptors (Lipinski definition) is 5. The van der Waals surface area contributed by atoms with E-state index in [9.17, 15) is 13.2 Å². The molecular formula is C26H21F5N8. The number of pyridine rings is 1. The molecule has 1 atom stereocenters. The molecule has 6 rings (SSSR count). The van der Waals surface area contributed by atoms with E-state index in [1.54, 1.807) is 47.0 Å². The number of aromatic nitrogens is 7. The van der Waals surface area contributed by atoms with Gasteiger partial charge in [-0.15, -0.1) is 10.2 Å². The van der Waals surface area contributed by atoms with Crippen molar-refractivity contribution in [3.8, 4) is 22.6 Å². The Bertz CT molecular complexity index is 1680. The van der Waals surface area contributed by atoms with Crippen LogP contribution in [-0.2, 0) is 19.5 Å². The number of nitrogens with one attached hydrogen (secondary N) is 1. The third kappa shape index (κ3) is 3.96. The quantitative estimate of drug-likeness (QED) is 0.287. The summed E-state index contributed by atoms with van der Waals surface area (Å²) in [6.07, 6.45) is 5.12. The average molecular weight is 541 g/mol. The van der Waals surface area contributed by atoms with Crippen LogP contribution in [0.5, 0.6) is 0 Å². The Kier molecular flexibility index (Phi) is 5.74. The predicted molar refractivity (Wildman–Crippen MR) is 132 cm³/mol. The van der Waals surface area contributed by atoms with Crippen LogP contribution in [0.3, 0.4) is 0 Å². The summed E-state index contributed by atoms with van der Waals surface area (Å²) < 4.78 is 78.2. The minimum Gasteiger partial charge on any atom is -0.342 e. The van der Waals surface area contributed by atoms with Gasteiger partial charge >= 0.3 is 5.92 Å². The Morgan fingerprint density at radius 2 is 1.87 bits per heavy atom. The van der Waals surface area contributed by atoms with Crippen LogP contribution in [0, 0.1) is 18.6 Å².